The minimum atomic E-state index is -1.16. The third-order valence-electron chi connectivity index (χ3n) is 4.56. The van der Waals surface area contributed by atoms with E-state index in [0.717, 1.165) is 44.5 Å². The molecule has 1 saturated heterocycles. The predicted octanol–water partition coefficient (Wildman–Crippen LogP) is 4.01. The van der Waals surface area contributed by atoms with Crippen molar-refractivity contribution in [3.63, 3.8) is 0 Å². The van der Waals surface area contributed by atoms with E-state index in [9.17, 15) is 13.6 Å². The number of amides is 1. The first-order chi connectivity index (χ1) is 12.5. The Morgan fingerprint density at radius 2 is 1.88 bits per heavy atom. The van der Waals surface area contributed by atoms with Crippen molar-refractivity contribution in [3.8, 4) is 0 Å². The van der Waals surface area contributed by atoms with E-state index in [2.05, 4.69) is 22.0 Å². The number of hydrogen-bond donors (Lipinski definition) is 1. The highest BCUT2D eigenvalue weighted by molar-refractivity contribution is 6.31. The molecule has 138 valence electrons. The molecule has 1 fully saturated rings. The predicted molar refractivity (Wildman–Crippen MR) is 100 cm³/mol. The molecule has 2 aromatic rings. The van der Waals surface area contributed by atoms with Gasteiger partial charge in [-0.3, -0.25) is 4.79 Å². The van der Waals surface area contributed by atoms with Gasteiger partial charge in [-0.05, 0) is 36.9 Å². The van der Waals surface area contributed by atoms with Gasteiger partial charge in [-0.2, -0.15) is 0 Å². The first-order valence-corrected chi connectivity index (χ1v) is 8.89. The number of rotatable bonds is 4. The zero-order chi connectivity index (χ0) is 18.7. The Kier molecular flexibility index (Phi) is 5.74. The number of anilines is 2. The van der Waals surface area contributed by atoms with Gasteiger partial charge in [-0.1, -0.05) is 24.6 Å². The summed E-state index contributed by atoms with van der Waals surface area (Å²) in [6, 6.07) is 8.74. The summed E-state index contributed by atoms with van der Waals surface area (Å²) in [6.45, 7) is 6.59. The van der Waals surface area contributed by atoms with Gasteiger partial charge in [0.1, 0.15) is 0 Å². The van der Waals surface area contributed by atoms with Crippen molar-refractivity contribution in [3.05, 3.63) is 58.6 Å². The lowest BCUT2D eigenvalue weighted by molar-refractivity contribution is 0.102. The Balaban J connectivity index is 1.84. The van der Waals surface area contributed by atoms with Crippen LogP contribution in [0.2, 0.25) is 5.02 Å². The zero-order valence-electron chi connectivity index (χ0n) is 14.4. The van der Waals surface area contributed by atoms with Crippen LogP contribution in [-0.4, -0.2) is 43.5 Å². The van der Waals surface area contributed by atoms with Gasteiger partial charge in [0, 0.05) is 31.2 Å². The van der Waals surface area contributed by atoms with Gasteiger partial charge in [0.25, 0.3) is 5.91 Å². The highest BCUT2D eigenvalue weighted by Crippen LogP contribution is 2.30. The highest BCUT2D eigenvalue weighted by atomic mass is 35.5. The third kappa shape index (κ3) is 3.97. The van der Waals surface area contributed by atoms with Crippen molar-refractivity contribution in [2.24, 2.45) is 0 Å². The molecule has 0 spiro atoms. The number of nitrogens with zero attached hydrogens (tertiary/aromatic N) is 2. The summed E-state index contributed by atoms with van der Waals surface area (Å²) in [6.07, 6.45) is 0. The fraction of sp³-hybridized carbons (Fsp3) is 0.316. The van der Waals surface area contributed by atoms with Crippen LogP contribution in [0.1, 0.15) is 17.3 Å². The maximum absolute atomic E-state index is 13.9. The number of benzene rings is 2. The van der Waals surface area contributed by atoms with Crippen molar-refractivity contribution in [1.82, 2.24) is 4.90 Å². The molecule has 0 aliphatic carbocycles. The highest BCUT2D eigenvalue weighted by Gasteiger charge is 2.21. The molecule has 0 bridgehead atoms. The summed E-state index contributed by atoms with van der Waals surface area (Å²) in [4.78, 5) is 16.9. The minimum absolute atomic E-state index is 0.341. The Hall–Kier alpha value is -2.18. The molecule has 1 amide bonds. The normalized spacial score (nSPS) is 15.2. The molecule has 0 unspecified atom stereocenters. The fourth-order valence-corrected chi connectivity index (χ4v) is 3.23. The van der Waals surface area contributed by atoms with Gasteiger partial charge in [0.2, 0.25) is 0 Å². The van der Waals surface area contributed by atoms with Crippen LogP contribution >= 0.6 is 11.6 Å². The molecule has 0 saturated carbocycles. The van der Waals surface area contributed by atoms with Crippen LogP contribution in [0.25, 0.3) is 0 Å². The maximum Gasteiger partial charge on any atom is 0.258 e. The molecule has 1 N–H and O–H groups in total. The lowest BCUT2D eigenvalue weighted by Gasteiger charge is -2.36. The molecule has 1 aliphatic rings. The molecule has 3 rings (SSSR count). The second-order valence-electron chi connectivity index (χ2n) is 6.14. The van der Waals surface area contributed by atoms with Gasteiger partial charge in [-0.25, -0.2) is 8.78 Å². The summed E-state index contributed by atoms with van der Waals surface area (Å²) >= 11 is 6.08. The maximum atomic E-state index is 13.9. The van der Waals surface area contributed by atoms with Gasteiger partial charge in [0.05, 0.1) is 16.9 Å². The van der Waals surface area contributed by atoms with E-state index < -0.39 is 17.5 Å². The average Bonchev–Trinajstić information content (AvgIpc) is 2.64. The Bertz CT molecular complexity index is 807. The molecule has 0 atom stereocenters. The Labute approximate surface area is 156 Å². The standard InChI is InChI=1S/C19H20ClF2N3O/c1-2-24-8-10-25(11-9-24)17-7-6-13(20)12-16(17)23-19(26)14-4-3-5-15(21)18(14)22/h3-7,12H,2,8-11H2,1H3,(H,23,26). The van der Waals surface area contributed by atoms with Crippen molar-refractivity contribution in [2.45, 2.75) is 6.92 Å². The molecule has 1 heterocycles. The van der Waals surface area contributed by atoms with Crippen molar-refractivity contribution < 1.29 is 13.6 Å². The summed E-state index contributed by atoms with van der Waals surface area (Å²) in [7, 11) is 0. The van der Waals surface area contributed by atoms with E-state index in [0.29, 0.717) is 10.7 Å². The van der Waals surface area contributed by atoms with Crippen LogP contribution in [0.5, 0.6) is 0 Å². The van der Waals surface area contributed by atoms with E-state index in [4.69, 9.17) is 11.6 Å². The summed E-state index contributed by atoms with van der Waals surface area (Å²) < 4.78 is 27.3. The molecule has 4 nitrogen and oxygen atoms in total. The molecular weight excluding hydrogens is 360 g/mol. The number of nitrogens with one attached hydrogen (secondary N) is 1. The fourth-order valence-electron chi connectivity index (χ4n) is 3.06. The SMILES string of the molecule is CCN1CCN(c2ccc(Cl)cc2NC(=O)c2cccc(F)c2F)CC1. The van der Waals surface area contributed by atoms with E-state index in [1.165, 1.54) is 12.1 Å². The Morgan fingerprint density at radius 1 is 1.15 bits per heavy atom. The number of piperazine rings is 1. The number of carbonyl (C=O) groups is 1. The van der Waals surface area contributed by atoms with Gasteiger partial charge >= 0.3 is 0 Å². The summed E-state index contributed by atoms with van der Waals surface area (Å²) in [5.74, 6) is -2.93. The van der Waals surface area contributed by atoms with Crippen molar-refractivity contribution in [2.75, 3.05) is 42.9 Å². The van der Waals surface area contributed by atoms with Crippen LogP contribution in [0, 0.1) is 11.6 Å². The number of hydrogen-bond acceptors (Lipinski definition) is 3. The molecule has 7 heteroatoms. The zero-order valence-corrected chi connectivity index (χ0v) is 15.2. The van der Waals surface area contributed by atoms with E-state index in [1.54, 1.807) is 12.1 Å². The van der Waals surface area contributed by atoms with E-state index >= 15 is 0 Å². The smallest absolute Gasteiger partial charge is 0.258 e. The first kappa shape index (κ1) is 18.6. The topological polar surface area (TPSA) is 35.6 Å². The van der Waals surface area contributed by atoms with E-state index in [1.807, 2.05) is 6.07 Å². The van der Waals surface area contributed by atoms with E-state index in [-0.39, 0.29) is 5.56 Å². The minimum Gasteiger partial charge on any atom is -0.367 e. The largest absolute Gasteiger partial charge is 0.367 e. The average molecular weight is 380 g/mol. The third-order valence-corrected chi connectivity index (χ3v) is 4.80. The van der Waals surface area contributed by atoms with Gasteiger partial charge in [0.15, 0.2) is 11.6 Å². The van der Waals surface area contributed by atoms with Crippen LogP contribution in [-0.2, 0) is 0 Å². The number of halogens is 3. The lowest BCUT2D eigenvalue weighted by atomic mass is 10.1. The van der Waals surface area contributed by atoms with Gasteiger partial charge < -0.3 is 15.1 Å². The molecular formula is C19H20ClF2N3O. The van der Waals surface area contributed by atoms with Crippen LogP contribution in [0.15, 0.2) is 36.4 Å². The summed E-state index contributed by atoms with van der Waals surface area (Å²) in [5, 5.41) is 3.13. The lowest BCUT2D eigenvalue weighted by Crippen LogP contribution is -2.46. The van der Waals surface area contributed by atoms with Crippen LogP contribution in [0.3, 0.4) is 0 Å². The summed E-state index contributed by atoms with van der Waals surface area (Å²) in [5.41, 5.74) is 0.957. The second kappa shape index (κ2) is 8.01. The molecule has 26 heavy (non-hydrogen) atoms. The number of carbonyl (C=O) groups excluding carboxylic acids is 1. The molecule has 0 radical (unpaired) electrons. The molecule has 0 aromatic heterocycles. The van der Waals surface area contributed by atoms with Crippen LogP contribution < -0.4 is 10.2 Å². The molecule has 2 aromatic carbocycles. The number of likely N-dealkylation sites (N-methyl/N-ethyl adjacent to an activating group) is 1. The van der Waals surface area contributed by atoms with Crippen molar-refractivity contribution in [1.29, 1.82) is 0 Å². The Morgan fingerprint density at radius 3 is 2.58 bits per heavy atom. The van der Waals surface area contributed by atoms with Gasteiger partial charge in [-0.15, -0.1) is 0 Å². The second-order valence-corrected chi connectivity index (χ2v) is 6.57. The molecule has 1 aliphatic heterocycles. The first-order valence-electron chi connectivity index (χ1n) is 8.51. The van der Waals surface area contributed by atoms with Crippen molar-refractivity contribution >= 4 is 28.9 Å². The monoisotopic (exact) mass is 379 g/mol. The quantitative estimate of drug-likeness (QED) is 0.871. The van der Waals surface area contributed by atoms with Crippen LogP contribution in [0.4, 0.5) is 20.2 Å².